The van der Waals surface area contributed by atoms with Gasteiger partial charge >= 0.3 is 0 Å². The third-order valence-electron chi connectivity index (χ3n) is 4.29. The van der Waals surface area contributed by atoms with Crippen molar-refractivity contribution < 1.29 is 14.3 Å². The molecule has 1 saturated heterocycles. The van der Waals surface area contributed by atoms with Crippen molar-refractivity contribution in [2.75, 3.05) is 56.7 Å². The van der Waals surface area contributed by atoms with Crippen LogP contribution in [0.4, 0.5) is 11.6 Å². The Morgan fingerprint density at radius 2 is 2.04 bits per heavy atom. The summed E-state index contributed by atoms with van der Waals surface area (Å²) in [6, 6.07) is 7.22. The predicted molar refractivity (Wildman–Crippen MR) is 111 cm³/mol. The van der Waals surface area contributed by atoms with Gasteiger partial charge in [-0.2, -0.15) is 0 Å². The second-order valence-corrected chi connectivity index (χ2v) is 7.14. The Labute approximate surface area is 172 Å². The number of ether oxygens (including phenoxy) is 2. The van der Waals surface area contributed by atoms with Crippen molar-refractivity contribution in [2.24, 2.45) is 0 Å². The largest absolute Gasteiger partial charge is 0.497 e. The molecule has 1 fully saturated rings. The normalized spacial score (nSPS) is 13.9. The van der Waals surface area contributed by atoms with Crippen molar-refractivity contribution in [1.29, 1.82) is 0 Å². The number of rotatable bonds is 7. The Kier molecular flexibility index (Phi) is 7.05. The van der Waals surface area contributed by atoms with Crippen molar-refractivity contribution >= 4 is 33.5 Å². The number of carbonyl (C=O) groups excluding carboxylic acids is 1. The molecule has 0 atom stereocenters. The minimum Gasteiger partial charge on any atom is -0.497 e. The van der Waals surface area contributed by atoms with Crippen molar-refractivity contribution in [1.82, 2.24) is 15.3 Å². The minimum absolute atomic E-state index is 0.166. The van der Waals surface area contributed by atoms with Gasteiger partial charge in [0, 0.05) is 36.7 Å². The Balaban J connectivity index is 1.54. The molecule has 8 nitrogen and oxygen atoms in total. The molecule has 0 bridgehead atoms. The molecule has 0 unspecified atom stereocenters. The van der Waals surface area contributed by atoms with E-state index in [1.807, 2.05) is 13.0 Å². The smallest absolute Gasteiger partial charge is 0.252 e. The lowest BCUT2D eigenvalue weighted by molar-refractivity contribution is 0.0954. The zero-order valence-corrected chi connectivity index (χ0v) is 17.6. The molecule has 2 N–H and O–H groups in total. The average molecular weight is 450 g/mol. The van der Waals surface area contributed by atoms with Crippen molar-refractivity contribution in [3.8, 4) is 5.75 Å². The lowest BCUT2D eigenvalue weighted by Crippen LogP contribution is -2.37. The van der Waals surface area contributed by atoms with Crippen LogP contribution in [0.3, 0.4) is 0 Å². The van der Waals surface area contributed by atoms with Gasteiger partial charge in [0.2, 0.25) is 0 Å². The maximum Gasteiger partial charge on any atom is 0.252 e. The van der Waals surface area contributed by atoms with Gasteiger partial charge in [-0.3, -0.25) is 4.79 Å². The van der Waals surface area contributed by atoms with Crippen LogP contribution in [0.5, 0.6) is 5.75 Å². The predicted octanol–water partition coefficient (Wildman–Crippen LogP) is 2.23. The molecule has 150 valence electrons. The number of methoxy groups -OCH3 is 1. The van der Waals surface area contributed by atoms with Crippen LogP contribution in [0, 0.1) is 6.92 Å². The quantitative estimate of drug-likeness (QED) is 0.626. The number of aryl methyl sites for hydroxylation is 1. The minimum atomic E-state index is -0.166. The van der Waals surface area contributed by atoms with Gasteiger partial charge < -0.3 is 25.0 Å². The highest BCUT2D eigenvalue weighted by molar-refractivity contribution is 9.10. The SMILES string of the molecule is COc1ccc(Br)c(C(=O)NCCNc2cc(N3CCOCC3)nc(C)n2)c1. The van der Waals surface area contributed by atoms with Crippen LogP contribution >= 0.6 is 15.9 Å². The number of hydrogen-bond donors (Lipinski definition) is 2. The summed E-state index contributed by atoms with van der Waals surface area (Å²) < 4.78 is 11.3. The van der Waals surface area contributed by atoms with Crippen molar-refractivity contribution in [2.45, 2.75) is 6.92 Å². The molecule has 0 aliphatic carbocycles. The first-order valence-corrected chi connectivity index (χ1v) is 9.90. The summed E-state index contributed by atoms with van der Waals surface area (Å²) >= 11 is 3.40. The molecule has 0 spiro atoms. The topological polar surface area (TPSA) is 88.6 Å². The standard InChI is InChI=1S/C19H24BrN5O3/c1-13-23-17(12-18(24-13)25-7-9-28-10-8-25)21-5-6-22-19(26)15-11-14(27-2)3-4-16(15)20/h3-4,11-12H,5-10H2,1-2H3,(H,22,26)(H,21,23,24). The van der Waals surface area contributed by atoms with E-state index in [9.17, 15) is 4.79 Å². The monoisotopic (exact) mass is 449 g/mol. The first kappa shape index (κ1) is 20.3. The number of morpholine rings is 1. The highest BCUT2D eigenvalue weighted by atomic mass is 79.9. The lowest BCUT2D eigenvalue weighted by atomic mass is 10.2. The zero-order chi connectivity index (χ0) is 19.9. The van der Waals surface area contributed by atoms with Crippen LogP contribution in [-0.2, 0) is 4.74 Å². The van der Waals surface area contributed by atoms with Crippen LogP contribution in [0.2, 0.25) is 0 Å². The Hall–Kier alpha value is -2.39. The van der Waals surface area contributed by atoms with Gasteiger partial charge in [0.05, 0.1) is 25.9 Å². The fourth-order valence-electron chi connectivity index (χ4n) is 2.86. The maximum atomic E-state index is 12.4. The van der Waals surface area contributed by atoms with Gasteiger partial charge in [-0.15, -0.1) is 0 Å². The van der Waals surface area contributed by atoms with Crippen LogP contribution in [0.15, 0.2) is 28.7 Å². The van der Waals surface area contributed by atoms with Gasteiger partial charge in [0.25, 0.3) is 5.91 Å². The fourth-order valence-corrected chi connectivity index (χ4v) is 3.29. The first-order valence-electron chi connectivity index (χ1n) is 9.11. The molecule has 1 aliphatic rings. The van der Waals surface area contributed by atoms with Crippen LogP contribution < -0.4 is 20.3 Å². The van der Waals surface area contributed by atoms with Gasteiger partial charge in [0.1, 0.15) is 23.2 Å². The first-order chi connectivity index (χ1) is 13.6. The van der Waals surface area contributed by atoms with Gasteiger partial charge in [-0.1, -0.05) is 0 Å². The van der Waals surface area contributed by atoms with Gasteiger partial charge in [-0.25, -0.2) is 9.97 Å². The van der Waals surface area contributed by atoms with E-state index in [2.05, 4.69) is 41.4 Å². The Morgan fingerprint density at radius 1 is 1.25 bits per heavy atom. The highest BCUT2D eigenvalue weighted by Gasteiger charge is 2.14. The number of nitrogens with zero attached hydrogens (tertiary/aromatic N) is 3. The molecule has 1 amide bonds. The number of carbonyl (C=O) groups is 1. The number of halogens is 1. The third-order valence-corrected chi connectivity index (χ3v) is 4.99. The van der Waals surface area contributed by atoms with Gasteiger partial charge in [-0.05, 0) is 41.1 Å². The molecule has 1 aromatic heterocycles. The van der Waals surface area contributed by atoms with E-state index in [1.165, 1.54) is 0 Å². The van der Waals surface area contributed by atoms with E-state index in [-0.39, 0.29) is 5.91 Å². The second-order valence-electron chi connectivity index (χ2n) is 6.29. The molecule has 0 radical (unpaired) electrons. The number of benzene rings is 1. The van der Waals surface area contributed by atoms with E-state index < -0.39 is 0 Å². The van der Waals surface area contributed by atoms with Crippen molar-refractivity contribution in [3.63, 3.8) is 0 Å². The average Bonchev–Trinajstić information content (AvgIpc) is 2.71. The molecule has 1 aliphatic heterocycles. The third kappa shape index (κ3) is 5.32. The summed E-state index contributed by atoms with van der Waals surface area (Å²) in [7, 11) is 1.57. The summed E-state index contributed by atoms with van der Waals surface area (Å²) in [4.78, 5) is 23.5. The fraction of sp³-hybridized carbons (Fsp3) is 0.421. The molecule has 1 aromatic carbocycles. The lowest BCUT2D eigenvalue weighted by Gasteiger charge is -2.28. The summed E-state index contributed by atoms with van der Waals surface area (Å²) in [5, 5.41) is 6.15. The molecular weight excluding hydrogens is 426 g/mol. The van der Waals surface area contributed by atoms with E-state index in [4.69, 9.17) is 9.47 Å². The highest BCUT2D eigenvalue weighted by Crippen LogP contribution is 2.22. The number of nitrogens with one attached hydrogen (secondary N) is 2. The van der Waals surface area contributed by atoms with Crippen molar-refractivity contribution in [3.05, 3.63) is 40.1 Å². The van der Waals surface area contributed by atoms with E-state index in [1.54, 1.807) is 25.3 Å². The molecule has 3 rings (SSSR count). The zero-order valence-electron chi connectivity index (χ0n) is 16.0. The molecular formula is C19H24BrN5O3. The summed E-state index contributed by atoms with van der Waals surface area (Å²) in [5.74, 6) is 2.81. The summed E-state index contributed by atoms with van der Waals surface area (Å²) in [6.07, 6.45) is 0. The van der Waals surface area contributed by atoms with E-state index >= 15 is 0 Å². The summed E-state index contributed by atoms with van der Waals surface area (Å²) in [5.41, 5.74) is 0.534. The van der Waals surface area contributed by atoms with E-state index in [0.717, 1.165) is 29.2 Å². The number of hydrogen-bond acceptors (Lipinski definition) is 7. The molecule has 9 heteroatoms. The Morgan fingerprint density at radius 3 is 2.79 bits per heavy atom. The molecule has 0 saturated carbocycles. The number of aromatic nitrogens is 2. The molecule has 28 heavy (non-hydrogen) atoms. The number of anilines is 2. The Bertz CT molecular complexity index is 827. The molecule has 2 aromatic rings. The van der Waals surface area contributed by atoms with Gasteiger partial charge in [0.15, 0.2) is 0 Å². The van der Waals surface area contributed by atoms with Crippen LogP contribution in [-0.4, -0.2) is 62.4 Å². The van der Waals surface area contributed by atoms with E-state index in [0.29, 0.717) is 43.4 Å². The summed E-state index contributed by atoms with van der Waals surface area (Å²) in [6.45, 7) is 5.93. The second kappa shape index (κ2) is 9.70. The number of amides is 1. The molecule has 2 heterocycles. The maximum absolute atomic E-state index is 12.4. The van der Waals surface area contributed by atoms with Crippen LogP contribution in [0.1, 0.15) is 16.2 Å². The van der Waals surface area contributed by atoms with Crippen LogP contribution in [0.25, 0.3) is 0 Å².